The number of carbonyl (C=O) groups excluding carboxylic acids is 1. The number of amides is 1. The van der Waals surface area contributed by atoms with Gasteiger partial charge in [-0.25, -0.2) is 0 Å². The maximum Gasteiger partial charge on any atom is 0.416 e. The Balaban J connectivity index is 1.93. The first-order valence-corrected chi connectivity index (χ1v) is 10.8. The van der Waals surface area contributed by atoms with E-state index >= 15 is 0 Å². The van der Waals surface area contributed by atoms with Crippen LogP contribution in [0.2, 0.25) is 0 Å². The predicted octanol–water partition coefficient (Wildman–Crippen LogP) is 5.89. The number of aromatic nitrogens is 1. The second-order valence-corrected chi connectivity index (χ2v) is 8.01. The van der Waals surface area contributed by atoms with Crippen LogP contribution in [0.4, 0.5) is 13.2 Å². The number of hydrogen-bond acceptors (Lipinski definition) is 3. The average Bonchev–Trinajstić information content (AvgIpc) is 2.89. The zero-order chi connectivity index (χ0) is 24.9. The molecule has 4 aromatic rings. The van der Waals surface area contributed by atoms with Gasteiger partial charge in [-0.2, -0.15) is 18.4 Å². The summed E-state index contributed by atoms with van der Waals surface area (Å²) in [6.07, 6.45) is -2.88. The van der Waals surface area contributed by atoms with Gasteiger partial charge in [0.25, 0.3) is 5.91 Å². The topological polar surface area (TPSA) is 65.8 Å². The van der Waals surface area contributed by atoms with Gasteiger partial charge in [-0.1, -0.05) is 54.6 Å². The van der Waals surface area contributed by atoms with Gasteiger partial charge in [0.05, 0.1) is 22.9 Å². The summed E-state index contributed by atoms with van der Waals surface area (Å²) in [5.74, 6) is -0.541. The molecule has 0 spiro atoms. The average molecular weight is 471 g/mol. The van der Waals surface area contributed by atoms with Crippen molar-refractivity contribution in [2.75, 3.05) is 0 Å². The predicted molar refractivity (Wildman–Crippen MR) is 125 cm³/mol. The van der Waals surface area contributed by atoms with Gasteiger partial charge in [-0.3, -0.25) is 9.78 Å². The number of nitrogens with one attached hydrogen (secondary N) is 1. The quantitative estimate of drug-likeness (QED) is 0.381. The summed E-state index contributed by atoms with van der Waals surface area (Å²) in [5.41, 5.74) is -0.338. The first-order chi connectivity index (χ1) is 16.8. The molecule has 3 aromatic carbocycles. The van der Waals surface area contributed by atoms with Crippen molar-refractivity contribution in [2.24, 2.45) is 0 Å². The van der Waals surface area contributed by atoms with Crippen LogP contribution >= 0.6 is 0 Å². The van der Waals surface area contributed by atoms with Gasteiger partial charge in [0.15, 0.2) is 0 Å². The van der Waals surface area contributed by atoms with Crippen molar-refractivity contribution >= 4 is 5.91 Å². The van der Waals surface area contributed by atoms with E-state index in [1.54, 1.807) is 42.5 Å². The Morgan fingerprint density at radius 1 is 0.857 bits per heavy atom. The molecule has 0 saturated carbocycles. The maximum absolute atomic E-state index is 13.7. The molecule has 0 aliphatic heterocycles. The number of benzene rings is 3. The third-order valence-corrected chi connectivity index (χ3v) is 5.68. The highest BCUT2D eigenvalue weighted by molar-refractivity contribution is 5.95. The molecule has 0 aliphatic rings. The van der Waals surface area contributed by atoms with Gasteiger partial charge in [0.1, 0.15) is 5.54 Å². The van der Waals surface area contributed by atoms with Gasteiger partial charge in [-0.05, 0) is 53.6 Å². The number of nitrogens with zero attached hydrogens (tertiary/aromatic N) is 2. The van der Waals surface area contributed by atoms with Crippen LogP contribution in [0.25, 0.3) is 0 Å². The molecule has 4 nitrogen and oxygen atoms in total. The second-order valence-electron chi connectivity index (χ2n) is 8.01. The van der Waals surface area contributed by atoms with Crippen molar-refractivity contribution in [2.45, 2.75) is 18.1 Å². The third kappa shape index (κ3) is 5.22. The van der Waals surface area contributed by atoms with Crippen LogP contribution in [-0.4, -0.2) is 10.9 Å². The van der Waals surface area contributed by atoms with Crippen molar-refractivity contribution < 1.29 is 18.0 Å². The summed E-state index contributed by atoms with van der Waals surface area (Å²) in [6.45, 7) is 0. The molecular formula is C28H20F3N3O. The summed E-state index contributed by atoms with van der Waals surface area (Å²) in [7, 11) is 0. The van der Waals surface area contributed by atoms with E-state index in [0.29, 0.717) is 11.3 Å². The second kappa shape index (κ2) is 9.82. The zero-order valence-corrected chi connectivity index (χ0v) is 18.5. The Morgan fingerprint density at radius 2 is 1.57 bits per heavy atom. The van der Waals surface area contributed by atoms with Crippen molar-refractivity contribution in [1.82, 2.24) is 10.3 Å². The number of rotatable bonds is 6. The van der Waals surface area contributed by atoms with Crippen molar-refractivity contribution in [1.29, 1.82) is 5.26 Å². The summed E-state index contributed by atoms with van der Waals surface area (Å²) in [4.78, 5) is 17.9. The fourth-order valence-electron chi connectivity index (χ4n) is 4.00. The van der Waals surface area contributed by atoms with Gasteiger partial charge in [-0.15, -0.1) is 0 Å². The lowest BCUT2D eigenvalue weighted by Gasteiger charge is -2.36. The summed E-state index contributed by atoms with van der Waals surface area (Å²) >= 11 is 0. The smallest absolute Gasteiger partial charge is 0.337 e. The lowest BCUT2D eigenvalue weighted by molar-refractivity contribution is -0.137. The fourth-order valence-corrected chi connectivity index (χ4v) is 4.00. The van der Waals surface area contributed by atoms with Crippen LogP contribution in [0, 0.1) is 11.3 Å². The van der Waals surface area contributed by atoms with E-state index in [1.807, 2.05) is 36.4 Å². The molecule has 0 fully saturated rings. The number of halogens is 3. The van der Waals surface area contributed by atoms with E-state index in [-0.39, 0.29) is 17.5 Å². The molecule has 1 heterocycles. The van der Waals surface area contributed by atoms with E-state index in [9.17, 15) is 23.2 Å². The number of hydrogen-bond donors (Lipinski definition) is 1. The van der Waals surface area contributed by atoms with Crippen LogP contribution in [0.15, 0.2) is 103 Å². The third-order valence-electron chi connectivity index (χ3n) is 5.68. The number of nitriles is 1. The van der Waals surface area contributed by atoms with Gasteiger partial charge in [0.2, 0.25) is 0 Å². The molecule has 0 saturated heterocycles. The SMILES string of the molecule is N#Cc1cccc(C(=O)NC(Cc2ccccc2)(c2cccc(C(F)(F)F)c2)c2ccccn2)c1. The molecule has 7 heteroatoms. The van der Waals surface area contributed by atoms with Crippen LogP contribution in [-0.2, 0) is 18.1 Å². The van der Waals surface area contributed by atoms with Gasteiger partial charge >= 0.3 is 6.18 Å². The molecule has 4 rings (SSSR count). The molecule has 35 heavy (non-hydrogen) atoms. The van der Waals surface area contributed by atoms with E-state index < -0.39 is 23.2 Å². The molecule has 174 valence electrons. The molecule has 0 aliphatic carbocycles. The minimum atomic E-state index is -4.57. The van der Waals surface area contributed by atoms with E-state index in [4.69, 9.17) is 0 Å². The fraction of sp³-hybridized carbons (Fsp3) is 0.107. The number of carbonyl (C=O) groups is 1. The lowest BCUT2D eigenvalue weighted by Crippen LogP contribution is -2.49. The monoisotopic (exact) mass is 471 g/mol. The maximum atomic E-state index is 13.7. The minimum Gasteiger partial charge on any atom is -0.337 e. The van der Waals surface area contributed by atoms with Crippen LogP contribution in [0.1, 0.15) is 38.3 Å². The molecular weight excluding hydrogens is 451 g/mol. The van der Waals surface area contributed by atoms with Gasteiger partial charge < -0.3 is 5.32 Å². The molecule has 1 aromatic heterocycles. The minimum absolute atomic E-state index is 0.149. The molecule has 0 radical (unpaired) electrons. The Morgan fingerprint density at radius 3 is 2.26 bits per heavy atom. The number of alkyl halides is 3. The van der Waals surface area contributed by atoms with Crippen molar-refractivity contribution in [3.05, 3.63) is 137 Å². The van der Waals surface area contributed by atoms with Crippen LogP contribution < -0.4 is 5.32 Å². The van der Waals surface area contributed by atoms with Crippen LogP contribution in [0.5, 0.6) is 0 Å². The summed E-state index contributed by atoms with van der Waals surface area (Å²) in [6, 6.07) is 27.3. The summed E-state index contributed by atoms with van der Waals surface area (Å²) < 4.78 is 41.0. The normalized spacial score (nSPS) is 12.9. The highest BCUT2D eigenvalue weighted by Gasteiger charge is 2.40. The molecule has 0 bridgehead atoms. The zero-order valence-electron chi connectivity index (χ0n) is 18.5. The Bertz CT molecular complexity index is 1370. The Hall–Kier alpha value is -4.44. The Kier molecular flexibility index (Phi) is 6.65. The highest BCUT2D eigenvalue weighted by atomic mass is 19.4. The van der Waals surface area contributed by atoms with Crippen molar-refractivity contribution in [3.63, 3.8) is 0 Å². The molecule has 1 unspecified atom stereocenters. The lowest BCUT2D eigenvalue weighted by atomic mass is 9.79. The Labute approximate surface area is 200 Å². The molecule has 1 amide bonds. The molecule has 1 N–H and O–H groups in total. The highest BCUT2D eigenvalue weighted by Crippen LogP contribution is 2.37. The van der Waals surface area contributed by atoms with E-state index in [2.05, 4.69) is 10.3 Å². The van der Waals surface area contributed by atoms with Gasteiger partial charge in [0, 0.05) is 18.2 Å². The van der Waals surface area contributed by atoms with Crippen LogP contribution in [0.3, 0.4) is 0 Å². The first-order valence-electron chi connectivity index (χ1n) is 10.8. The number of pyridine rings is 1. The van der Waals surface area contributed by atoms with E-state index in [1.165, 1.54) is 18.3 Å². The standard InChI is InChI=1S/C28H20F3N3O/c29-28(30,31)24-13-7-12-23(17-24)27(25-14-4-5-15-33-25,18-20-8-2-1-3-9-20)34-26(35)22-11-6-10-21(16-22)19-32/h1-17H,18H2,(H,34,35). The van der Waals surface area contributed by atoms with E-state index in [0.717, 1.165) is 17.7 Å². The van der Waals surface area contributed by atoms with Crippen molar-refractivity contribution in [3.8, 4) is 6.07 Å². The largest absolute Gasteiger partial charge is 0.416 e. The molecule has 1 atom stereocenters. The first kappa shape index (κ1) is 23.7. The summed E-state index contributed by atoms with van der Waals surface area (Å²) in [5, 5.41) is 12.2.